The van der Waals surface area contributed by atoms with Crippen LogP contribution in [0.15, 0.2) is 81.7 Å². The van der Waals surface area contributed by atoms with E-state index in [1.54, 1.807) is 7.11 Å². The van der Waals surface area contributed by atoms with Crippen molar-refractivity contribution in [3.8, 4) is 5.75 Å². The molecule has 0 heterocycles. The minimum Gasteiger partial charge on any atom is -0.497 e. The third-order valence-corrected chi connectivity index (χ3v) is 5.61. The molecule has 0 aromatic heterocycles. The van der Waals surface area contributed by atoms with Gasteiger partial charge in [-0.25, -0.2) is 0 Å². The maximum Gasteiger partial charge on any atom is 0.259 e. The molecule has 1 amide bonds. The number of methoxy groups -OCH3 is 1. The van der Waals surface area contributed by atoms with Crippen LogP contribution in [0.1, 0.15) is 15.9 Å². The molecule has 0 unspecified atom stereocenters. The Morgan fingerprint density at radius 2 is 1.63 bits per heavy atom. The van der Waals surface area contributed by atoms with Gasteiger partial charge >= 0.3 is 0 Å². The zero-order valence-corrected chi connectivity index (χ0v) is 18.0. The zero-order valence-electron chi connectivity index (χ0n) is 14.9. The molecule has 3 nitrogen and oxygen atoms in total. The van der Waals surface area contributed by atoms with Gasteiger partial charge in [-0.2, -0.15) is 0 Å². The Kier molecular flexibility index (Phi) is 6.69. The van der Waals surface area contributed by atoms with Crippen molar-refractivity contribution in [2.24, 2.45) is 0 Å². The van der Waals surface area contributed by atoms with Crippen LogP contribution in [-0.4, -0.2) is 19.6 Å². The van der Waals surface area contributed by atoms with E-state index in [1.807, 2.05) is 77.7 Å². The molecule has 0 aliphatic rings. The maximum absolute atomic E-state index is 13.3. The summed E-state index contributed by atoms with van der Waals surface area (Å²) in [7, 11) is 1.66. The molecule has 5 heteroatoms. The van der Waals surface area contributed by atoms with Gasteiger partial charge in [0.1, 0.15) is 5.75 Å². The van der Waals surface area contributed by atoms with Gasteiger partial charge in [-0.1, -0.05) is 36.4 Å². The van der Waals surface area contributed by atoms with Crippen molar-refractivity contribution in [3.05, 3.63) is 92.9 Å². The first kappa shape index (κ1) is 19.6. The summed E-state index contributed by atoms with van der Waals surface area (Å²) in [4.78, 5) is 15.1. The van der Waals surface area contributed by atoms with Crippen molar-refractivity contribution in [1.29, 1.82) is 0 Å². The lowest BCUT2D eigenvalue weighted by Crippen LogP contribution is -2.33. The van der Waals surface area contributed by atoms with Gasteiger partial charge in [0.15, 0.2) is 0 Å². The lowest BCUT2D eigenvalue weighted by Gasteiger charge is -2.25. The van der Waals surface area contributed by atoms with Crippen molar-refractivity contribution in [2.45, 2.75) is 6.42 Å². The zero-order chi connectivity index (χ0) is 19.2. The van der Waals surface area contributed by atoms with Crippen molar-refractivity contribution >= 4 is 43.5 Å². The SMILES string of the molecule is COc1cccc(CCN(C(=O)c2ccccc2Br)c2ccccc2Br)c1. The second-order valence-electron chi connectivity index (χ2n) is 5.99. The van der Waals surface area contributed by atoms with Crippen molar-refractivity contribution < 1.29 is 9.53 Å². The summed E-state index contributed by atoms with van der Waals surface area (Å²) < 4.78 is 6.97. The third kappa shape index (κ3) is 4.79. The summed E-state index contributed by atoms with van der Waals surface area (Å²) in [6.45, 7) is 0.552. The Morgan fingerprint density at radius 3 is 2.33 bits per heavy atom. The fourth-order valence-electron chi connectivity index (χ4n) is 2.85. The fourth-order valence-corrected chi connectivity index (χ4v) is 3.80. The van der Waals surface area contributed by atoms with Crippen molar-refractivity contribution in [1.82, 2.24) is 0 Å². The minimum atomic E-state index is -0.0442. The molecule has 0 N–H and O–H groups in total. The molecule has 0 saturated heterocycles. The summed E-state index contributed by atoms with van der Waals surface area (Å²) in [5, 5.41) is 0. The molecule has 0 radical (unpaired) electrons. The average molecular weight is 489 g/mol. The molecular weight excluding hydrogens is 470 g/mol. The number of hydrogen-bond donors (Lipinski definition) is 0. The number of ether oxygens (including phenoxy) is 1. The second kappa shape index (κ2) is 9.20. The third-order valence-electron chi connectivity index (χ3n) is 4.25. The van der Waals surface area contributed by atoms with E-state index in [0.29, 0.717) is 18.5 Å². The molecule has 3 aromatic carbocycles. The molecule has 138 valence electrons. The largest absolute Gasteiger partial charge is 0.497 e. The predicted octanol–water partition coefficient (Wildman–Crippen LogP) is 6.11. The van der Waals surface area contributed by atoms with Gasteiger partial charge in [0.05, 0.1) is 18.4 Å². The first-order valence-corrected chi connectivity index (χ1v) is 10.1. The number of rotatable bonds is 6. The van der Waals surface area contributed by atoms with Gasteiger partial charge in [0, 0.05) is 15.5 Å². The van der Waals surface area contributed by atoms with E-state index in [2.05, 4.69) is 31.9 Å². The molecule has 0 aliphatic carbocycles. The number of carbonyl (C=O) groups excluding carboxylic acids is 1. The molecule has 3 rings (SSSR count). The Bertz CT molecular complexity index is 943. The maximum atomic E-state index is 13.3. The lowest BCUT2D eigenvalue weighted by atomic mass is 10.1. The molecule has 3 aromatic rings. The molecule has 27 heavy (non-hydrogen) atoms. The van der Waals surface area contributed by atoms with Gasteiger partial charge in [-0.15, -0.1) is 0 Å². The molecule has 0 bridgehead atoms. The Morgan fingerprint density at radius 1 is 0.926 bits per heavy atom. The lowest BCUT2D eigenvalue weighted by molar-refractivity contribution is 0.0986. The first-order chi connectivity index (χ1) is 13.1. The summed E-state index contributed by atoms with van der Waals surface area (Å²) in [5.74, 6) is 0.773. The van der Waals surface area contributed by atoms with Crippen LogP contribution in [0, 0.1) is 0 Å². The van der Waals surface area contributed by atoms with E-state index in [9.17, 15) is 4.79 Å². The average Bonchev–Trinajstić information content (AvgIpc) is 2.69. The van der Waals surface area contributed by atoms with E-state index in [4.69, 9.17) is 4.74 Å². The standard InChI is InChI=1S/C22H19Br2NO2/c1-27-17-8-6-7-16(15-17)13-14-25(21-12-5-4-11-20(21)24)22(26)18-9-2-3-10-19(18)23/h2-12,15H,13-14H2,1H3. The summed E-state index contributed by atoms with van der Waals surface area (Å²) in [6.07, 6.45) is 0.717. The molecular formula is C22H19Br2NO2. The highest BCUT2D eigenvalue weighted by atomic mass is 79.9. The molecule has 0 saturated carbocycles. The summed E-state index contributed by atoms with van der Waals surface area (Å²) in [6, 6.07) is 23.2. The number of amides is 1. The monoisotopic (exact) mass is 487 g/mol. The van der Waals surface area contributed by atoms with E-state index in [-0.39, 0.29) is 5.91 Å². The van der Waals surface area contributed by atoms with Crippen LogP contribution in [0.5, 0.6) is 5.75 Å². The van der Waals surface area contributed by atoms with Crippen LogP contribution in [-0.2, 0) is 6.42 Å². The quantitative estimate of drug-likeness (QED) is 0.419. The molecule has 0 spiro atoms. The smallest absolute Gasteiger partial charge is 0.259 e. The van der Waals surface area contributed by atoms with Gasteiger partial charge < -0.3 is 9.64 Å². The van der Waals surface area contributed by atoms with Crippen LogP contribution >= 0.6 is 31.9 Å². The predicted molar refractivity (Wildman–Crippen MR) is 117 cm³/mol. The second-order valence-corrected chi connectivity index (χ2v) is 7.70. The summed E-state index contributed by atoms with van der Waals surface area (Å²) in [5.41, 5.74) is 2.60. The van der Waals surface area contributed by atoms with Gasteiger partial charge in [0.25, 0.3) is 5.91 Å². The van der Waals surface area contributed by atoms with Gasteiger partial charge in [0.2, 0.25) is 0 Å². The van der Waals surface area contributed by atoms with Crippen LogP contribution in [0.2, 0.25) is 0 Å². The number of carbonyl (C=O) groups is 1. The van der Waals surface area contributed by atoms with E-state index in [0.717, 1.165) is 25.9 Å². The highest BCUT2D eigenvalue weighted by Gasteiger charge is 2.21. The fraction of sp³-hybridized carbons (Fsp3) is 0.136. The van der Waals surface area contributed by atoms with Gasteiger partial charge in [-0.05, 0) is 80.2 Å². The number of benzene rings is 3. The Balaban J connectivity index is 1.92. The van der Waals surface area contributed by atoms with E-state index < -0.39 is 0 Å². The van der Waals surface area contributed by atoms with Gasteiger partial charge in [-0.3, -0.25) is 4.79 Å². The topological polar surface area (TPSA) is 29.5 Å². The highest BCUT2D eigenvalue weighted by Crippen LogP contribution is 2.29. The number of anilines is 1. The van der Waals surface area contributed by atoms with Crippen molar-refractivity contribution in [2.75, 3.05) is 18.6 Å². The Hall–Kier alpha value is -2.11. The normalized spacial score (nSPS) is 10.5. The van der Waals surface area contributed by atoms with E-state index >= 15 is 0 Å². The first-order valence-electron chi connectivity index (χ1n) is 8.54. The number of para-hydroxylation sites is 1. The minimum absolute atomic E-state index is 0.0442. The Labute approximate surface area is 176 Å². The molecule has 0 aliphatic heterocycles. The van der Waals surface area contributed by atoms with E-state index in [1.165, 1.54) is 0 Å². The van der Waals surface area contributed by atoms with Crippen molar-refractivity contribution in [3.63, 3.8) is 0 Å². The number of nitrogens with zero attached hydrogens (tertiary/aromatic N) is 1. The molecule has 0 atom stereocenters. The van der Waals surface area contributed by atoms with Crippen LogP contribution in [0.3, 0.4) is 0 Å². The highest BCUT2D eigenvalue weighted by molar-refractivity contribution is 9.11. The number of halogens is 2. The van der Waals surface area contributed by atoms with Crippen LogP contribution < -0.4 is 9.64 Å². The molecule has 0 fully saturated rings. The number of hydrogen-bond acceptors (Lipinski definition) is 2. The van der Waals surface area contributed by atoms with Crippen LogP contribution in [0.4, 0.5) is 5.69 Å². The van der Waals surface area contributed by atoms with Crippen LogP contribution in [0.25, 0.3) is 0 Å². The summed E-state index contributed by atoms with van der Waals surface area (Å²) >= 11 is 7.08.